The average molecular weight is 340 g/mol. The number of hydrogen-bond acceptors (Lipinski definition) is 7. The summed E-state index contributed by atoms with van der Waals surface area (Å²) in [7, 11) is 0. The quantitative estimate of drug-likeness (QED) is 0.571. The summed E-state index contributed by atoms with van der Waals surface area (Å²) in [4.78, 5) is 13.5. The summed E-state index contributed by atoms with van der Waals surface area (Å²) in [6.45, 7) is 1.51. The van der Waals surface area contributed by atoms with Crippen LogP contribution in [0.3, 0.4) is 0 Å². The lowest BCUT2D eigenvalue weighted by Gasteiger charge is -2.12. The Morgan fingerprint density at radius 3 is 3.00 bits per heavy atom. The van der Waals surface area contributed by atoms with Crippen LogP contribution < -0.4 is 16.4 Å². The van der Waals surface area contributed by atoms with Gasteiger partial charge in [0.25, 0.3) is 0 Å². The van der Waals surface area contributed by atoms with Crippen LogP contribution in [0.5, 0.6) is 0 Å². The summed E-state index contributed by atoms with van der Waals surface area (Å²) in [5.74, 6) is 2.15. The van der Waals surface area contributed by atoms with Gasteiger partial charge in [-0.3, -0.25) is 0 Å². The largest absolute Gasteiger partial charge is 0.370 e. The minimum absolute atomic E-state index is 0.605. The maximum Gasteiger partial charge on any atom is 0.229 e. The number of nitrogens with one attached hydrogen (secondary N) is 2. The Kier molecular flexibility index (Phi) is 4.27. The first-order valence-electron chi connectivity index (χ1n) is 8.24. The maximum absolute atomic E-state index is 5.58. The molecule has 24 heavy (non-hydrogen) atoms. The summed E-state index contributed by atoms with van der Waals surface area (Å²) in [6, 6.07) is 6.08. The van der Waals surface area contributed by atoms with Crippen molar-refractivity contribution in [3.05, 3.63) is 35.5 Å². The van der Waals surface area contributed by atoms with Crippen LogP contribution in [0.15, 0.2) is 29.9 Å². The van der Waals surface area contributed by atoms with E-state index in [1.165, 1.54) is 18.4 Å². The van der Waals surface area contributed by atoms with E-state index in [0.29, 0.717) is 18.4 Å². The van der Waals surface area contributed by atoms with Crippen molar-refractivity contribution in [2.24, 2.45) is 5.73 Å². The van der Waals surface area contributed by atoms with Gasteiger partial charge in [-0.25, -0.2) is 9.97 Å². The molecule has 2 heterocycles. The number of anilines is 3. The van der Waals surface area contributed by atoms with E-state index in [9.17, 15) is 0 Å². The lowest BCUT2D eigenvalue weighted by molar-refractivity contribution is 0.865. The first-order chi connectivity index (χ1) is 11.8. The van der Waals surface area contributed by atoms with Gasteiger partial charge in [0.1, 0.15) is 5.82 Å². The molecule has 0 spiro atoms. The van der Waals surface area contributed by atoms with Crippen molar-refractivity contribution in [2.45, 2.75) is 25.2 Å². The standard InChI is InChI=1S/C17H20N6S/c18-6-1-7-19-16-13(11-2-3-11)9-20-17(23-16)22-12-4-5-14-15(8-12)24-10-21-14/h4-5,8-11H,1-3,6-7,18H2,(H2,19,20,22,23). The summed E-state index contributed by atoms with van der Waals surface area (Å²) < 4.78 is 1.15. The van der Waals surface area contributed by atoms with E-state index in [1.807, 2.05) is 23.8 Å². The van der Waals surface area contributed by atoms with Crippen LogP contribution in [-0.2, 0) is 0 Å². The molecule has 1 fully saturated rings. The SMILES string of the molecule is NCCCNc1nc(Nc2ccc3ncsc3c2)ncc1C1CC1. The van der Waals surface area contributed by atoms with Crippen molar-refractivity contribution in [1.29, 1.82) is 0 Å². The first kappa shape index (κ1) is 15.3. The third-order valence-corrected chi connectivity index (χ3v) is 4.89. The second-order valence-corrected chi connectivity index (χ2v) is 6.89. The second kappa shape index (κ2) is 6.70. The number of aromatic nitrogens is 3. The van der Waals surface area contributed by atoms with E-state index < -0.39 is 0 Å². The van der Waals surface area contributed by atoms with Gasteiger partial charge in [0.05, 0.1) is 15.7 Å². The number of hydrogen-bond donors (Lipinski definition) is 3. The molecule has 3 aromatic rings. The normalized spacial score (nSPS) is 14.0. The molecule has 1 aliphatic carbocycles. The van der Waals surface area contributed by atoms with Gasteiger partial charge in [0.2, 0.25) is 5.95 Å². The molecular weight excluding hydrogens is 320 g/mol. The van der Waals surface area contributed by atoms with Gasteiger partial charge >= 0.3 is 0 Å². The molecule has 124 valence electrons. The molecule has 1 saturated carbocycles. The van der Waals surface area contributed by atoms with Crippen molar-refractivity contribution in [3.8, 4) is 0 Å². The fraction of sp³-hybridized carbons (Fsp3) is 0.353. The molecule has 0 bridgehead atoms. The number of benzene rings is 1. The molecule has 0 saturated heterocycles. The van der Waals surface area contributed by atoms with Gasteiger partial charge in [0.15, 0.2) is 0 Å². The maximum atomic E-state index is 5.58. The molecule has 4 N–H and O–H groups in total. The van der Waals surface area contributed by atoms with Crippen LogP contribution in [0.25, 0.3) is 10.2 Å². The number of nitrogens with zero attached hydrogens (tertiary/aromatic N) is 3. The highest BCUT2D eigenvalue weighted by molar-refractivity contribution is 7.16. The molecule has 6 nitrogen and oxygen atoms in total. The zero-order valence-electron chi connectivity index (χ0n) is 13.3. The van der Waals surface area contributed by atoms with Gasteiger partial charge in [0, 0.05) is 24.0 Å². The number of thiazole rings is 1. The van der Waals surface area contributed by atoms with Crippen LogP contribution in [0, 0.1) is 0 Å². The Bertz CT molecular complexity index is 842. The van der Waals surface area contributed by atoms with E-state index >= 15 is 0 Å². The second-order valence-electron chi connectivity index (χ2n) is 6.00. The van der Waals surface area contributed by atoms with Crippen LogP contribution in [0.2, 0.25) is 0 Å². The lowest BCUT2D eigenvalue weighted by atomic mass is 10.2. The van der Waals surface area contributed by atoms with Crippen molar-refractivity contribution in [1.82, 2.24) is 15.0 Å². The molecule has 7 heteroatoms. The Balaban J connectivity index is 1.56. The third-order valence-electron chi connectivity index (χ3n) is 4.09. The number of nitrogens with two attached hydrogens (primary N) is 1. The summed E-state index contributed by atoms with van der Waals surface area (Å²) in [5, 5.41) is 6.70. The fourth-order valence-electron chi connectivity index (χ4n) is 2.66. The van der Waals surface area contributed by atoms with Crippen LogP contribution in [0.1, 0.15) is 30.7 Å². The Hall–Kier alpha value is -2.25. The molecular formula is C17H20N6S. The van der Waals surface area contributed by atoms with E-state index in [-0.39, 0.29) is 0 Å². The molecule has 0 radical (unpaired) electrons. The molecule has 2 aromatic heterocycles. The smallest absolute Gasteiger partial charge is 0.229 e. The highest BCUT2D eigenvalue weighted by atomic mass is 32.1. The minimum atomic E-state index is 0.605. The monoisotopic (exact) mass is 340 g/mol. The van der Waals surface area contributed by atoms with E-state index in [0.717, 1.165) is 34.7 Å². The van der Waals surface area contributed by atoms with Gasteiger partial charge in [-0.15, -0.1) is 11.3 Å². The van der Waals surface area contributed by atoms with Gasteiger partial charge in [-0.05, 0) is 49.9 Å². The van der Waals surface area contributed by atoms with Crippen LogP contribution >= 0.6 is 11.3 Å². The molecule has 0 unspecified atom stereocenters. The highest BCUT2D eigenvalue weighted by Crippen LogP contribution is 2.42. The Labute approximate surface area is 144 Å². The Morgan fingerprint density at radius 1 is 1.25 bits per heavy atom. The predicted octanol–water partition coefficient (Wildman–Crippen LogP) is 3.47. The molecule has 4 rings (SSSR count). The lowest BCUT2D eigenvalue weighted by Crippen LogP contribution is -2.12. The van der Waals surface area contributed by atoms with Crippen molar-refractivity contribution >= 4 is 39.0 Å². The molecule has 0 atom stereocenters. The summed E-state index contributed by atoms with van der Waals surface area (Å²) in [5.41, 5.74) is 10.6. The van der Waals surface area contributed by atoms with E-state index in [4.69, 9.17) is 5.73 Å². The third kappa shape index (κ3) is 3.32. The van der Waals surface area contributed by atoms with Gasteiger partial charge < -0.3 is 16.4 Å². The zero-order chi connectivity index (χ0) is 16.4. The van der Waals surface area contributed by atoms with Crippen molar-refractivity contribution < 1.29 is 0 Å². The van der Waals surface area contributed by atoms with E-state index in [2.05, 4.69) is 31.7 Å². The van der Waals surface area contributed by atoms with Crippen molar-refractivity contribution in [2.75, 3.05) is 23.7 Å². The molecule has 1 aromatic carbocycles. The van der Waals surface area contributed by atoms with Crippen LogP contribution in [-0.4, -0.2) is 28.0 Å². The molecule has 0 amide bonds. The zero-order valence-corrected chi connectivity index (χ0v) is 14.1. The Morgan fingerprint density at radius 2 is 2.17 bits per heavy atom. The topological polar surface area (TPSA) is 88.8 Å². The summed E-state index contributed by atoms with van der Waals surface area (Å²) in [6.07, 6.45) is 5.33. The summed E-state index contributed by atoms with van der Waals surface area (Å²) >= 11 is 1.63. The minimum Gasteiger partial charge on any atom is -0.370 e. The predicted molar refractivity (Wildman–Crippen MR) is 99.1 cm³/mol. The van der Waals surface area contributed by atoms with Crippen LogP contribution in [0.4, 0.5) is 17.5 Å². The number of fused-ring (bicyclic) bond motifs is 1. The molecule has 0 aliphatic heterocycles. The van der Waals surface area contributed by atoms with Gasteiger partial charge in [-0.2, -0.15) is 4.98 Å². The first-order valence-corrected chi connectivity index (χ1v) is 9.12. The fourth-order valence-corrected chi connectivity index (χ4v) is 3.37. The van der Waals surface area contributed by atoms with Gasteiger partial charge in [-0.1, -0.05) is 0 Å². The van der Waals surface area contributed by atoms with Crippen molar-refractivity contribution in [3.63, 3.8) is 0 Å². The highest BCUT2D eigenvalue weighted by Gasteiger charge is 2.27. The number of rotatable bonds is 7. The molecule has 1 aliphatic rings. The average Bonchev–Trinajstić information content (AvgIpc) is 3.33. The van der Waals surface area contributed by atoms with E-state index in [1.54, 1.807) is 11.3 Å².